The lowest BCUT2D eigenvalue weighted by Gasteiger charge is -2.34. The normalized spacial score (nSPS) is 17.5. The number of hydrogen-bond acceptors (Lipinski definition) is 6. The summed E-state index contributed by atoms with van der Waals surface area (Å²) in [5.74, 6) is -1.51. The maximum Gasteiger partial charge on any atom is 0.345 e. The minimum atomic E-state index is -1.62. The highest BCUT2D eigenvalue weighted by atomic mass is 16.7. The van der Waals surface area contributed by atoms with Crippen molar-refractivity contribution in [1.82, 2.24) is 5.06 Å². The number of ether oxygens (including phenoxy) is 1. The van der Waals surface area contributed by atoms with Crippen LogP contribution in [-0.4, -0.2) is 47.9 Å². The maximum absolute atomic E-state index is 12.2. The van der Waals surface area contributed by atoms with Gasteiger partial charge in [-0.05, 0) is 37.5 Å². The van der Waals surface area contributed by atoms with Crippen LogP contribution in [0.4, 0.5) is 0 Å². The molecule has 0 atom stereocenters. The molecule has 132 valence electrons. The zero-order valence-corrected chi connectivity index (χ0v) is 14.7. The molecule has 0 saturated carbocycles. The molecular weight excluding hydrogens is 310 g/mol. The van der Waals surface area contributed by atoms with Gasteiger partial charge in [-0.25, -0.2) is 4.79 Å². The van der Waals surface area contributed by atoms with E-state index in [1.165, 1.54) is 0 Å². The van der Waals surface area contributed by atoms with Crippen molar-refractivity contribution in [2.45, 2.75) is 45.6 Å². The molecule has 0 amide bonds. The smallest absolute Gasteiger partial charge is 0.345 e. The summed E-state index contributed by atoms with van der Waals surface area (Å²) in [6, 6.07) is 3.98. The standard InChI is InChI=1S/C18H25NO5/c1-12-9-13(2)15(14(3)10-12)11-16(20)24-17(21)18(22)5-7-19(23-4)8-6-18/h9-10,22H,5-8,11H2,1-4H3. The number of piperidine rings is 1. The van der Waals surface area contributed by atoms with Crippen LogP contribution in [0, 0.1) is 20.8 Å². The molecule has 1 aliphatic heterocycles. The fraction of sp³-hybridized carbons (Fsp3) is 0.556. The van der Waals surface area contributed by atoms with Gasteiger partial charge >= 0.3 is 11.9 Å². The van der Waals surface area contributed by atoms with Crippen molar-refractivity contribution in [3.05, 3.63) is 34.4 Å². The number of carbonyl (C=O) groups is 2. The number of rotatable bonds is 4. The van der Waals surface area contributed by atoms with Crippen molar-refractivity contribution in [3.63, 3.8) is 0 Å². The zero-order valence-electron chi connectivity index (χ0n) is 14.7. The molecular formula is C18H25NO5. The van der Waals surface area contributed by atoms with Crippen molar-refractivity contribution < 1.29 is 24.3 Å². The van der Waals surface area contributed by atoms with Crippen LogP contribution in [0.1, 0.15) is 35.1 Å². The predicted octanol–water partition coefficient (Wildman–Crippen LogP) is 1.61. The van der Waals surface area contributed by atoms with Gasteiger partial charge in [-0.2, -0.15) is 5.06 Å². The summed E-state index contributed by atoms with van der Waals surface area (Å²) in [7, 11) is 1.54. The number of aliphatic hydroxyl groups is 1. The number of hydroxylamine groups is 2. The largest absolute Gasteiger partial charge is 0.391 e. The van der Waals surface area contributed by atoms with Gasteiger partial charge in [0.15, 0.2) is 5.60 Å². The van der Waals surface area contributed by atoms with Crippen LogP contribution >= 0.6 is 0 Å². The van der Waals surface area contributed by atoms with Gasteiger partial charge in [0.05, 0.1) is 13.5 Å². The molecule has 24 heavy (non-hydrogen) atoms. The lowest BCUT2D eigenvalue weighted by molar-refractivity contribution is -0.195. The Morgan fingerprint density at radius 2 is 1.71 bits per heavy atom. The predicted molar refractivity (Wildman–Crippen MR) is 88.2 cm³/mol. The molecule has 0 unspecified atom stereocenters. The number of carbonyl (C=O) groups excluding carboxylic acids is 2. The van der Waals surface area contributed by atoms with E-state index >= 15 is 0 Å². The summed E-state index contributed by atoms with van der Waals surface area (Å²) in [5.41, 5.74) is 2.34. The second-order valence-corrected chi connectivity index (χ2v) is 6.46. The molecule has 1 aromatic carbocycles. The van der Waals surface area contributed by atoms with Crippen LogP contribution in [0.5, 0.6) is 0 Å². The first-order chi connectivity index (χ1) is 11.2. The van der Waals surface area contributed by atoms with E-state index in [2.05, 4.69) is 0 Å². The molecule has 2 rings (SSSR count). The fourth-order valence-corrected chi connectivity index (χ4v) is 3.11. The molecule has 6 nitrogen and oxygen atoms in total. The molecule has 0 bridgehead atoms. The molecule has 0 radical (unpaired) electrons. The molecule has 0 aromatic heterocycles. The van der Waals surface area contributed by atoms with E-state index in [0.717, 1.165) is 22.3 Å². The maximum atomic E-state index is 12.2. The highest BCUT2D eigenvalue weighted by Crippen LogP contribution is 2.24. The summed E-state index contributed by atoms with van der Waals surface area (Å²) in [6.45, 7) is 6.67. The van der Waals surface area contributed by atoms with Gasteiger partial charge in [-0.3, -0.25) is 4.79 Å². The Morgan fingerprint density at radius 1 is 1.17 bits per heavy atom. The minimum absolute atomic E-state index is 0.0178. The molecule has 0 spiro atoms. The molecule has 1 aliphatic rings. The second-order valence-electron chi connectivity index (χ2n) is 6.46. The zero-order chi connectivity index (χ0) is 17.9. The lowest BCUT2D eigenvalue weighted by Crippen LogP contribution is -2.50. The van der Waals surface area contributed by atoms with Crippen LogP contribution < -0.4 is 0 Å². The Morgan fingerprint density at radius 3 is 2.21 bits per heavy atom. The van der Waals surface area contributed by atoms with Crippen molar-refractivity contribution in [1.29, 1.82) is 0 Å². The molecule has 1 N–H and O–H groups in total. The van der Waals surface area contributed by atoms with E-state index < -0.39 is 17.5 Å². The van der Waals surface area contributed by atoms with E-state index in [1.807, 2.05) is 32.9 Å². The van der Waals surface area contributed by atoms with Crippen molar-refractivity contribution in [2.24, 2.45) is 0 Å². The van der Waals surface area contributed by atoms with Crippen molar-refractivity contribution in [3.8, 4) is 0 Å². The first kappa shape index (κ1) is 18.6. The Kier molecular flexibility index (Phi) is 5.74. The summed E-state index contributed by atoms with van der Waals surface area (Å²) >= 11 is 0. The molecule has 1 fully saturated rings. The van der Waals surface area contributed by atoms with Crippen molar-refractivity contribution >= 4 is 11.9 Å². The molecule has 0 aliphatic carbocycles. The summed E-state index contributed by atoms with van der Waals surface area (Å²) < 4.78 is 4.92. The topological polar surface area (TPSA) is 76.1 Å². The van der Waals surface area contributed by atoms with Gasteiger partial charge < -0.3 is 14.7 Å². The summed E-state index contributed by atoms with van der Waals surface area (Å²) in [4.78, 5) is 29.4. The van der Waals surface area contributed by atoms with E-state index in [9.17, 15) is 14.7 Å². The van der Waals surface area contributed by atoms with Crippen LogP contribution in [0.25, 0.3) is 0 Å². The van der Waals surface area contributed by atoms with Gasteiger partial charge in [0, 0.05) is 25.9 Å². The first-order valence-corrected chi connectivity index (χ1v) is 8.08. The monoisotopic (exact) mass is 335 g/mol. The third-order valence-corrected chi connectivity index (χ3v) is 4.56. The van der Waals surface area contributed by atoms with Crippen LogP contribution in [-0.2, 0) is 25.6 Å². The van der Waals surface area contributed by atoms with E-state index in [1.54, 1.807) is 12.2 Å². The molecule has 6 heteroatoms. The molecule has 1 aromatic rings. The number of hydrogen-bond donors (Lipinski definition) is 1. The number of esters is 2. The van der Waals surface area contributed by atoms with Gasteiger partial charge in [0.1, 0.15) is 0 Å². The minimum Gasteiger partial charge on any atom is -0.391 e. The quantitative estimate of drug-likeness (QED) is 0.665. The Labute approximate surface area is 142 Å². The highest BCUT2D eigenvalue weighted by molar-refractivity contribution is 5.91. The van der Waals surface area contributed by atoms with Crippen LogP contribution in [0.15, 0.2) is 12.1 Å². The lowest BCUT2D eigenvalue weighted by atomic mass is 9.92. The van der Waals surface area contributed by atoms with E-state index in [0.29, 0.717) is 13.1 Å². The van der Waals surface area contributed by atoms with E-state index in [4.69, 9.17) is 9.57 Å². The third-order valence-electron chi connectivity index (χ3n) is 4.56. The number of benzene rings is 1. The first-order valence-electron chi connectivity index (χ1n) is 8.08. The molecule has 1 heterocycles. The van der Waals surface area contributed by atoms with Gasteiger partial charge in [0.2, 0.25) is 0 Å². The van der Waals surface area contributed by atoms with Gasteiger partial charge in [-0.15, -0.1) is 0 Å². The summed E-state index contributed by atoms with van der Waals surface area (Å²) in [6.07, 6.45) is 0.370. The van der Waals surface area contributed by atoms with E-state index in [-0.39, 0.29) is 19.3 Å². The van der Waals surface area contributed by atoms with Gasteiger partial charge in [-0.1, -0.05) is 17.7 Å². The SMILES string of the molecule is CON1CCC(O)(C(=O)OC(=O)Cc2c(C)cc(C)cc2C)CC1. The average molecular weight is 335 g/mol. The second kappa shape index (κ2) is 7.42. The van der Waals surface area contributed by atoms with Crippen molar-refractivity contribution in [2.75, 3.05) is 20.2 Å². The highest BCUT2D eigenvalue weighted by Gasteiger charge is 2.42. The fourth-order valence-electron chi connectivity index (χ4n) is 3.11. The number of aryl methyl sites for hydroxylation is 3. The Balaban J connectivity index is 1.99. The van der Waals surface area contributed by atoms with Gasteiger partial charge in [0.25, 0.3) is 0 Å². The number of nitrogens with zero attached hydrogens (tertiary/aromatic N) is 1. The Bertz CT molecular complexity index is 609. The average Bonchev–Trinajstić information content (AvgIpc) is 2.51. The van der Waals surface area contributed by atoms with Crippen LogP contribution in [0.2, 0.25) is 0 Å². The van der Waals surface area contributed by atoms with Crippen LogP contribution in [0.3, 0.4) is 0 Å². The summed E-state index contributed by atoms with van der Waals surface area (Å²) in [5, 5.41) is 12.1. The molecule has 1 saturated heterocycles. The Hall–Kier alpha value is -1.76. The third kappa shape index (κ3) is 4.20.